The van der Waals surface area contributed by atoms with Gasteiger partial charge in [0.2, 0.25) is 0 Å². The summed E-state index contributed by atoms with van der Waals surface area (Å²) in [5.41, 5.74) is 2.18. The van der Waals surface area contributed by atoms with Crippen molar-refractivity contribution in [2.45, 2.75) is 33.7 Å². The number of hydrogen-bond acceptors (Lipinski definition) is 4. The van der Waals surface area contributed by atoms with Crippen molar-refractivity contribution in [1.82, 2.24) is 20.6 Å². The van der Waals surface area contributed by atoms with Crippen molar-refractivity contribution in [2.75, 3.05) is 13.1 Å². The Bertz CT molecular complexity index is 626. The first-order valence-corrected chi connectivity index (χ1v) is 8.34. The summed E-state index contributed by atoms with van der Waals surface area (Å²) in [5.74, 6) is 0.820. The van der Waals surface area contributed by atoms with Crippen LogP contribution in [0.25, 0.3) is 0 Å². The zero-order valence-corrected chi connectivity index (χ0v) is 16.9. The molecule has 0 amide bonds. The summed E-state index contributed by atoms with van der Waals surface area (Å²) in [6, 6.07) is 4.00. The number of nitrogens with one attached hydrogen (secondary N) is 2. The van der Waals surface area contributed by atoms with Gasteiger partial charge < -0.3 is 10.6 Å². The number of aromatic nitrogens is 2. The number of thiazole rings is 1. The van der Waals surface area contributed by atoms with Crippen molar-refractivity contribution in [3.05, 3.63) is 45.7 Å². The zero-order valence-electron chi connectivity index (χ0n) is 13.8. The maximum Gasteiger partial charge on any atom is 0.191 e. The van der Waals surface area contributed by atoms with Crippen molar-refractivity contribution in [2.24, 2.45) is 4.99 Å². The normalized spacial score (nSPS) is 11.0. The zero-order chi connectivity index (χ0) is 15.8. The minimum atomic E-state index is 0. The molecule has 0 atom stereocenters. The Morgan fingerprint density at radius 3 is 2.74 bits per heavy atom. The number of hydrogen-bond donors (Lipinski definition) is 2. The summed E-state index contributed by atoms with van der Waals surface area (Å²) in [7, 11) is 0. The fourth-order valence-electron chi connectivity index (χ4n) is 1.98. The van der Waals surface area contributed by atoms with E-state index in [9.17, 15) is 0 Å². The van der Waals surface area contributed by atoms with Crippen LogP contribution in [0.2, 0.25) is 0 Å². The topological polar surface area (TPSA) is 62.2 Å². The lowest BCUT2D eigenvalue weighted by atomic mass is 10.2. The average molecular weight is 445 g/mol. The molecule has 5 nitrogen and oxygen atoms in total. The highest BCUT2D eigenvalue weighted by Gasteiger charge is 2.02. The van der Waals surface area contributed by atoms with Crippen molar-refractivity contribution < 1.29 is 0 Å². The summed E-state index contributed by atoms with van der Waals surface area (Å²) in [6.45, 7) is 8.44. The third-order valence-electron chi connectivity index (χ3n) is 3.15. The standard InChI is InChI=1S/C16H23N5S.HI/c1-4-17-16(19-9-7-15-20-10-13(3)22-15)21-11-14-12(2)6-5-8-18-14;/h5-6,8,10H,4,7,9,11H2,1-3H3,(H2,17,19,21);1H. The van der Waals surface area contributed by atoms with Gasteiger partial charge in [-0.05, 0) is 32.4 Å². The molecule has 7 heteroatoms. The molecule has 0 aromatic carbocycles. The highest BCUT2D eigenvalue weighted by Crippen LogP contribution is 2.10. The van der Waals surface area contributed by atoms with Gasteiger partial charge in [0.05, 0.1) is 17.2 Å². The van der Waals surface area contributed by atoms with Crippen LogP contribution in [0.1, 0.15) is 28.1 Å². The third kappa shape index (κ3) is 6.82. The van der Waals surface area contributed by atoms with Gasteiger partial charge in [0, 0.05) is 36.8 Å². The van der Waals surface area contributed by atoms with E-state index in [0.29, 0.717) is 6.54 Å². The Kier molecular flexibility index (Phi) is 9.08. The van der Waals surface area contributed by atoms with Gasteiger partial charge in [-0.1, -0.05) is 6.07 Å². The number of nitrogens with zero attached hydrogens (tertiary/aromatic N) is 3. The molecular weight excluding hydrogens is 421 g/mol. The lowest BCUT2D eigenvalue weighted by molar-refractivity contribution is 0.793. The number of rotatable bonds is 6. The quantitative estimate of drug-likeness (QED) is 0.408. The molecule has 2 heterocycles. The van der Waals surface area contributed by atoms with Gasteiger partial charge in [-0.2, -0.15) is 0 Å². The van der Waals surface area contributed by atoms with Crippen LogP contribution in [-0.2, 0) is 13.0 Å². The fourth-order valence-corrected chi connectivity index (χ4v) is 2.77. The van der Waals surface area contributed by atoms with E-state index in [1.807, 2.05) is 18.5 Å². The van der Waals surface area contributed by atoms with Gasteiger partial charge in [0.15, 0.2) is 5.96 Å². The number of pyridine rings is 1. The number of aliphatic imine (C=N–C) groups is 1. The second kappa shape index (κ2) is 10.5. The average Bonchev–Trinajstić information content (AvgIpc) is 2.92. The van der Waals surface area contributed by atoms with E-state index in [-0.39, 0.29) is 24.0 Å². The third-order valence-corrected chi connectivity index (χ3v) is 4.12. The first-order valence-electron chi connectivity index (χ1n) is 7.53. The molecule has 126 valence electrons. The lowest BCUT2D eigenvalue weighted by Crippen LogP contribution is -2.38. The molecule has 0 unspecified atom stereocenters. The Morgan fingerprint density at radius 1 is 1.26 bits per heavy atom. The van der Waals surface area contributed by atoms with E-state index in [4.69, 9.17) is 0 Å². The van der Waals surface area contributed by atoms with Gasteiger partial charge in [-0.25, -0.2) is 9.98 Å². The molecule has 0 spiro atoms. The van der Waals surface area contributed by atoms with E-state index in [1.165, 1.54) is 10.4 Å². The first kappa shape index (κ1) is 19.8. The smallest absolute Gasteiger partial charge is 0.191 e. The monoisotopic (exact) mass is 445 g/mol. The van der Waals surface area contributed by atoms with Crippen LogP contribution >= 0.6 is 35.3 Å². The largest absolute Gasteiger partial charge is 0.357 e. The van der Waals surface area contributed by atoms with Gasteiger partial charge in [-0.15, -0.1) is 35.3 Å². The molecule has 0 radical (unpaired) electrons. The predicted octanol–water partition coefficient (Wildman–Crippen LogP) is 3.07. The van der Waals surface area contributed by atoms with Crippen molar-refractivity contribution >= 4 is 41.3 Å². The van der Waals surface area contributed by atoms with Crippen molar-refractivity contribution in [1.29, 1.82) is 0 Å². The maximum atomic E-state index is 4.60. The molecule has 0 fully saturated rings. The minimum Gasteiger partial charge on any atom is -0.357 e. The predicted molar refractivity (Wildman–Crippen MR) is 108 cm³/mol. The molecule has 0 saturated carbocycles. The van der Waals surface area contributed by atoms with E-state index < -0.39 is 0 Å². The van der Waals surface area contributed by atoms with Crippen LogP contribution < -0.4 is 10.6 Å². The summed E-state index contributed by atoms with van der Waals surface area (Å²) >= 11 is 1.74. The summed E-state index contributed by atoms with van der Waals surface area (Å²) < 4.78 is 0. The van der Waals surface area contributed by atoms with E-state index in [2.05, 4.69) is 52.4 Å². The first-order chi connectivity index (χ1) is 10.7. The molecule has 0 aliphatic heterocycles. The van der Waals surface area contributed by atoms with Gasteiger partial charge in [0.1, 0.15) is 0 Å². The number of halogens is 1. The summed E-state index contributed by atoms with van der Waals surface area (Å²) in [5, 5.41) is 7.76. The summed E-state index contributed by atoms with van der Waals surface area (Å²) in [6.07, 6.45) is 4.64. The Hall–Kier alpha value is -1.22. The van der Waals surface area contributed by atoms with E-state index in [1.54, 1.807) is 11.3 Å². The Labute approximate surface area is 159 Å². The minimum absolute atomic E-state index is 0. The highest BCUT2D eigenvalue weighted by molar-refractivity contribution is 14.0. The van der Waals surface area contributed by atoms with Gasteiger partial charge >= 0.3 is 0 Å². The van der Waals surface area contributed by atoms with Crippen molar-refractivity contribution in [3.8, 4) is 0 Å². The van der Waals surface area contributed by atoms with Crippen LogP contribution in [0.4, 0.5) is 0 Å². The van der Waals surface area contributed by atoms with Crippen LogP contribution in [0.5, 0.6) is 0 Å². The molecule has 0 aliphatic carbocycles. The molecule has 0 saturated heterocycles. The molecule has 2 rings (SSSR count). The van der Waals surface area contributed by atoms with Crippen molar-refractivity contribution in [3.63, 3.8) is 0 Å². The van der Waals surface area contributed by atoms with E-state index >= 15 is 0 Å². The fraction of sp³-hybridized carbons (Fsp3) is 0.438. The molecule has 2 N–H and O–H groups in total. The second-order valence-electron chi connectivity index (χ2n) is 5.00. The molecule has 23 heavy (non-hydrogen) atoms. The lowest BCUT2D eigenvalue weighted by Gasteiger charge is -2.11. The number of guanidine groups is 1. The van der Waals surface area contributed by atoms with Gasteiger partial charge in [0.25, 0.3) is 0 Å². The van der Waals surface area contributed by atoms with Crippen LogP contribution in [0, 0.1) is 13.8 Å². The maximum absolute atomic E-state index is 4.60. The van der Waals surface area contributed by atoms with Crippen LogP contribution in [-0.4, -0.2) is 29.0 Å². The molecule has 2 aromatic rings. The van der Waals surface area contributed by atoms with E-state index in [0.717, 1.165) is 36.2 Å². The summed E-state index contributed by atoms with van der Waals surface area (Å²) in [4.78, 5) is 14.6. The highest BCUT2D eigenvalue weighted by atomic mass is 127. The van der Waals surface area contributed by atoms with Crippen LogP contribution in [0.3, 0.4) is 0 Å². The number of aryl methyl sites for hydroxylation is 2. The Morgan fingerprint density at radius 2 is 2.09 bits per heavy atom. The van der Waals surface area contributed by atoms with Gasteiger partial charge in [-0.3, -0.25) is 4.98 Å². The van der Waals surface area contributed by atoms with Crippen LogP contribution in [0.15, 0.2) is 29.5 Å². The Balaban J connectivity index is 0.00000264. The second-order valence-corrected chi connectivity index (χ2v) is 6.32. The SMILES string of the molecule is CCNC(=NCc1ncccc1C)NCCc1ncc(C)s1.I. The molecule has 0 bridgehead atoms. The molecule has 2 aromatic heterocycles. The molecule has 0 aliphatic rings. The molecular formula is C16H24IN5S.